The first-order valence-electron chi connectivity index (χ1n) is 6.26. The van der Waals surface area contributed by atoms with Gasteiger partial charge in [0.25, 0.3) is 0 Å². The Kier molecular flexibility index (Phi) is 3.03. The zero-order valence-corrected chi connectivity index (χ0v) is 10.4. The molecule has 0 aliphatic carbocycles. The normalized spacial score (nSPS) is 10.3. The van der Waals surface area contributed by atoms with E-state index in [1.807, 2.05) is 36.4 Å². The van der Waals surface area contributed by atoms with Crippen molar-refractivity contribution in [2.24, 2.45) is 0 Å². The molecule has 3 rings (SSSR count). The highest BCUT2D eigenvalue weighted by atomic mass is 16.3. The summed E-state index contributed by atoms with van der Waals surface area (Å²) in [4.78, 5) is 0. The molecule has 0 unspecified atom stereocenters. The third-order valence-corrected chi connectivity index (χ3v) is 3.16. The minimum absolute atomic E-state index is 0.0444. The van der Waals surface area contributed by atoms with Crippen molar-refractivity contribution in [1.82, 2.24) is 0 Å². The molecule has 1 heteroatoms. The van der Waals surface area contributed by atoms with E-state index in [0.717, 1.165) is 11.1 Å². The predicted molar refractivity (Wildman–Crippen MR) is 77.4 cm³/mol. The van der Waals surface area contributed by atoms with Gasteiger partial charge in [-0.25, -0.2) is 0 Å². The largest absolute Gasteiger partial charge is 0.290 e. The molecule has 0 saturated heterocycles. The number of rotatable bonds is 2. The van der Waals surface area contributed by atoms with Crippen molar-refractivity contribution in [2.45, 2.75) is 0 Å². The molecule has 0 amide bonds. The van der Waals surface area contributed by atoms with E-state index in [2.05, 4.69) is 30.3 Å². The maximum Gasteiger partial charge on any atom is 0.178 e. The second-order valence-corrected chi connectivity index (χ2v) is 4.47. The van der Waals surface area contributed by atoms with E-state index in [0.29, 0.717) is 0 Å². The van der Waals surface area contributed by atoms with E-state index in [-0.39, 0.29) is 5.75 Å². The van der Waals surface area contributed by atoms with Gasteiger partial charge >= 0.3 is 0 Å². The van der Waals surface area contributed by atoms with Crippen LogP contribution in [0.25, 0.3) is 22.3 Å². The topological polar surface area (TPSA) is 19.9 Å². The Balaban J connectivity index is 2.03. The lowest BCUT2D eigenvalue weighted by atomic mass is 9.99. The van der Waals surface area contributed by atoms with Gasteiger partial charge < -0.3 is 0 Å². The maximum atomic E-state index is 11.1. The summed E-state index contributed by atoms with van der Waals surface area (Å²) in [5.41, 5.74) is 4.58. The molecule has 19 heavy (non-hydrogen) atoms. The van der Waals surface area contributed by atoms with Gasteiger partial charge in [0.05, 0.1) is 0 Å². The van der Waals surface area contributed by atoms with Crippen LogP contribution in [0.2, 0.25) is 0 Å². The maximum absolute atomic E-state index is 11.1. The molecule has 0 heterocycles. The average Bonchev–Trinajstić information content (AvgIpc) is 2.49. The highest BCUT2D eigenvalue weighted by Gasteiger charge is 2.01. The van der Waals surface area contributed by atoms with Crippen LogP contribution in [0.4, 0.5) is 0 Å². The first-order chi connectivity index (χ1) is 9.33. The Morgan fingerprint density at radius 1 is 0.474 bits per heavy atom. The zero-order valence-electron chi connectivity index (χ0n) is 10.4. The van der Waals surface area contributed by atoms with Crippen LogP contribution in [-0.4, -0.2) is 0 Å². The van der Waals surface area contributed by atoms with Gasteiger partial charge in [0, 0.05) is 0 Å². The van der Waals surface area contributed by atoms with Crippen LogP contribution >= 0.6 is 0 Å². The standard InChI is InChI=1S/C18H13O/c19-18-11-9-15(10-12-18)17-8-4-7-16(13-17)14-5-2-1-3-6-14/h1-13H. The highest BCUT2D eigenvalue weighted by Crippen LogP contribution is 2.27. The number of hydrogen-bond donors (Lipinski definition) is 0. The summed E-state index contributed by atoms with van der Waals surface area (Å²) in [5.74, 6) is 0.0444. The van der Waals surface area contributed by atoms with Crippen LogP contribution in [0.5, 0.6) is 5.75 Å². The Bertz CT molecular complexity index is 670. The van der Waals surface area contributed by atoms with E-state index in [9.17, 15) is 5.11 Å². The van der Waals surface area contributed by atoms with E-state index in [1.54, 1.807) is 12.1 Å². The van der Waals surface area contributed by atoms with Gasteiger partial charge in [-0.3, -0.25) is 5.11 Å². The summed E-state index contributed by atoms with van der Waals surface area (Å²) in [6.45, 7) is 0. The molecule has 0 aromatic heterocycles. The summed E-state index contributed by atoms with van der Waals surface area (Å²) in [6.07, 6.45) is 0. The van der Waals surface area contributed by atoms with Crippen molar-refractivity contribution in [2.75, 3.05) is 0 Å². The van der Waals surface area contributed by atoms with Crippen LogP contribution in [0.3, 0.4) is 0 Å². The minimum Gasteiger partial charge on any atom is -0.290 e. The van der Waals surface area contributed by atoms with Crippen molar-refractivity contribution in [3.8, 4) is 28.0 Å². The van der Waals surface area contributed by atoms with E-state index in [1.165, 1.54) is 11.1 Å². The second kappa shape index (κ2) is 4.99. The Labute approximate surface area is 112 Å². The average molecular weight is 245 g/mol. The van der Waals surface area contributed by atoms with E-state index >= 15 is 0 Å². The molecule has 0 aliphatic heterocycles. The highest BCUT2D eigenvalue weighted by molar-refractivity contribution is 5.73. The van der Waals surface area contributed by atoms with Gasteiger partial charge in [0.2, 0.25) is 0 Å². The van der Waals surface area contributed by atoms with Gasteiger partial charge in [0.15, 0.2) is 5.75 Å². The van der Waals surface area contributed by atoms with Crippen molar-refractivity contribution in [1.29, 1.82) is 0 Å². The van der Waals surface area contributed by atoms with Crippen LogP contribution in [0.1, 0.15) is 0 Å². The van der Waals surface area contributed by atoms with Gasteiger partial charge in [-0.15, -0.1) is 0 Å². The summed E-state index contributed by atoms with van der Waals surface area (Å²) in [7, 11) is 0. The lowest BCUT2D eigenvalue weighted by Crippen LogP contribution is -1.80. The fourth-order valence-corrected chi connectivity index (χ4v) is 2.16. The molecular weight excluding hydrogens is 232 g/mol. The van der Waals surface area contributed by atoms with Crippen molar-refractivity contribution in [3.63, 3.8) is 0 Å². The summed E-state index contributed by atoms with van der Waals surface area (Å²) < 4.78 is 0. The quantitative estimate of drug-likeness (QED) is 0.594. The smallest absolute Gasteiger partial charge is 0.178 e. The van der Waals surface area contributed by atoms with Crippen LogP contribution in [0, 0.1) is 0 Å². The third kappa shape index (κ3) is 2.50. The summed E-state index contributed by atoms with van der Waals surface area (Å²) >= 11 is 0. The van der Waals surface area contributed by atoms with Gasteiger partial charge in [0.1, 0.15) is 0 Å². The third-order valence-electron chi connectivity index (χ3n) is 3.16. The molecule has 0 saturated carbocycles. The van der Waals surface area contributed by atoms with E-state index < -0.39 is 0 Å². The summed E-state index contributed by atoms with van der Waals surface area (Å²) in [5, 5.41) is 11.1. The fourth-order valence-electron chi connectivity index (χ4n) is 2.16. The number of benzene rings is 3. The molecule has 0 N–H and O–H groups in total. The molecule has 1 nitrogen and oxygen atoms in total. The molecule has 0 bridgehead atoms. The van der Waals surface area contributed by atoms with Gasteiger partial charge in [-0.05, 0) is 40.5 Å². The first-order valence-corrected chi connectivity index (χ1v) is 6.26. The van der Waals surface area contributed by atoms with Gasteiger partial charge in [-0.1, -0.05) is 60.7 Å². The molecule has 0 atom stereocenters. The first kappa shape index (κ1) is 11.5. The molecule has 1 radical (unpaired) electrons. The van der Waals surface area contributed by atoms with Crippen molar-refractivity contribution >= 4 is 0 Å². The summed E-state index contributed by atoms with van der Waals surface area (Å²) in [6, 6.07) is 25.6. The Morgan fingerprint density at radius 2 is 1.00 bits per heavy atom. The molecule has 0 spiro atoms. The van der Waals surface area contributed by atoms with Crippen molar-refractivity contribution < 1.29 is 5.11 Å². The SMILES string of the molecule is [O]c1ccc(-c2cccc(-c3ccccc3)c2)cc1. The molecule has 3 aromatic rings. The van der Waals surface area contributed by atoms with Crippen LogP contribution in [-0.2, 0) is 5.11 Å². The lowest BCUT2D eigenvalue weighted by molar-refractivity contribution is 0.355. The number of hydrogen-bond acceptors (Lipinski definition) is 0. The zero-order chi connectivity index (χ0) is 13.1. The minimum atomic E-state index is 0.0444. The predicted octanol–water partition coefficient (Wildman–Crippen LogP) is 5.16. The van der Waals surface area contributed by atoms with E-state index in [4.69, 9.17) is 0 Å². The Morgan fingerprint density at radius 3 is 1.63 bits per heavy atom. The van der Waals surface area contributed by atoms with Crippen LogP contribution in [0.15, 0.2) is 78.9 Å². The lowest BCUT2D eigenvalue weighted by Gasteiger charge is -2.06. The molecule has 91 valence electrons. The van der Waals surface area contributed by atoms with Gasteiger partial charge in [-0.2, -0.15) is 0 Å². The molecule has 0 fully saturated rings. The fraction of sp³-hybridized carbons (Fsp3) is 0. The van der Waals surface area contributed by atoms with Crippen LogP contribution < -0.4 is 0 Å². The van der Waals surface area contributed by atoms with Crippen molar-refractivity contribution in [3.05, 3.63) is 78.9 Å². The monoisotopic (exact) mass is 245 g/mol. The molecule has 3 aromatic carbocycles. The Hall–Kier alpha value is -2.54. The molecular formula is C18H13O. The second-order valence-electron chi connectivity index (χ2n) is 4.47. The molecule has 0 aliphatic rings.